The van der Waals surface area contributed by atoms with Crippen molar-refractivity contribution < 1.29 is 0 Å². The molecule has 0 unspecified atom stereocenters. The second-order valence-electron chi connectivity index (χ2n) is 5.57. The first-order valence-electron chi connectivity index (χ1n) is 7.81. The van der Waals surface area contributed by atoms with Gasteiger partial charge in [0, 0.05) is 5.69 Å². The highest BCUT2D eigenvalue weighted by Gasteiger charge is 2.11. The monoisotopic (exact) mass is 335 g/mol. The van der Waals surface area contributed by atoms with Crippen LogP contribution in [0.2, 0.25) is 5.02 Å². The van der Waals surface area contributed by atoms with Gasteiger partial charge in [-0.2, -0.15) is 5.26 Å². The summed E-state index contributed by atoms with van der Waals surface area (Å²) in [6, 6.07) is 7.88. The van der Waals surface area contributed by atoms with Crippen LogP contribution in [0.5, 0.6) is 0 Å². The number of hydrogen-bond donors (Lipinski definition) is 1. The number of anilines is 1. The van der Waals surface area contributed by atoms with E-state index in [1.54, 1.807) is 23.9 Å². The lowest BCUT2D eigenvalue weighted by Gasteiger charge is -2.18. The summed E-state index contributed by atoms with van der Waals surface area (Å²) in [6.45, 7) is 0. The van der Waals surface area contributed by atoms with Gasteiger partial charge in [-0.05, 0) is 37.3 Å². The molecule has 0 amide bonds. The molecule has 0 aliphatic heterocycles. The first-order chi connectivity index (χ1) is 10.7. The smallest absolute Gasteiger partial charge is 0.161 e. The highest BCUT2D eigenvalue weighted by Crippen LogP contribution is 2.23. The zero-order valence-corrected chi connectivity index (χ0v) is 14.5. The molecule has 118 valence electrons. The largest absolute Gasteiger partial charge is 0.335 e. The Labute approximate surface area is 142 Å². The van der Waals surface area contributed by atoms with Gasteiger partial charge >= 0.3 is 0 Å². The van der Waals surface area contributed by atoms with Gasteiger partial charge in [0.2, 0.25) is 0 Å². The van der Waals surface area contributed by atoms with Crippen molar-refractivity contribution in [3.63, 3.8) is 0 Å². The van der Waals surface area contributed by atoms with Crippen molar-refractivity contribution in [2.75, 3.05) is 11.6 Å². The average Bonchev–Trinajstić information content (AvgIpc) is 2.49. The summed E-state index contributed by atoms with van der Waals surface area (Å²) in [5.41, 5.74) is 1.37. The molecule has 0 aromatic heterocycles. The van der Waals surface area contributed by atoms with Crippen molar-refractivity contribution in [3.05, 3.63) is 28.8 Å². The van der Waals surface area contributed by atoms with Crippen molar-refractivity contribution in [2.45, 2.75) is 51.0 Å². The van der Waals surface area contributed by atoms with Gasteiger partial charge in [-0.25, -0.2) is 0 Å². The number of aliphatic imine (C=N–C) groups is 1. The van der Waals surface area contributed by atoms with Gasteiger partial charge in [0.05, 0.1) is 16.6 Å². The van der Waals surface area contributed by atoms with Gasteiger partial charge in [-0.3, -0.25) is 4.99 Å². The minimum atomic E-state index is 0.420. The Hall–Kier alpha value is -1.18. The van der Waals surface area contributed by atoms with Crippen LogP contribution >= 0.6 is 23.4 Å². The Morgan fingerprint density at radius 1 is 1.27 bits per heavy atom. The molecule has 0 heterocycles. The molecule has 1 aromatic carbocycles. The predicted molar refractivity (Wildman–Crippen MR) is 96.8 cm³/mol. The van der Waals surface area contributed by atoms with Crippen LogP contribution in [0, 0.1) is 11.3 Å². The van der Waals surface area contributed by atoms with Crippen molar-refractivity contribution in [1.29, 1.82) is 5.26 Å². The Morgan fingerprint density at radius 3 is 2.55 bits per heavy atom. The lowest BCUT2D eigenvalue weighted by Crippen LogP contribution is -2.14. The third-order valence-electron chi connectivity index (χ3n) is 3.91. The molecular weight excluding hydrogens is 314 g/mol. The SMILES string of the molecule is CSC(=NC1CCCCCCC1)Nc1ccc(C#N)c(Cl)c1. The van der Waals surface area contributed by atoms with Gasteiger partial charge in [0.15, 0.2) is 5.17 Å². The number of benzene rings is 1. The van der Waals surface area contributed by atoms with Crippen molar-refractivity contribution in [1.82, 2.24) is 0 Å². The number of rotatable bonds is 2. The van der Waals surface area contributed by atoms with Crippen LogP contribution in [0.4, 0.5) is 5.69 Å². The quantitative estimate of drug-likeness (QED) is 0.577. The maximum atomic E-state index is 8.92. The van der Waals surface area contributed by atoms with E-state index in [4.69, 9.17) is 21.9 Å². The fourth-order valence-corrected chi connectivity index (χ4v) is 3.37. The molecule has 0 atom stereocenters. The third kappa shape index (κ3) is 5.23. The minimum Gasteiger partial charge on any atom is -0.335 e. The zero-order valence-electron chi connectivity index (χ0n) is 12.9. The Bertz CT molecular complexity index is 558. The van der Waals surface area contributed by atoms with E-state index in [0.717, 1.165) is 10.9 Å². The van der Waals surface area contributed by atoms with E-state index in [0.29, 0.717) is 16.6 Å². The van der Waals surface area contributed by atoms with Crippen LogP contribution in [-0.2, 0) is 0 Å². The number of amidine groups is 1. The number of hydrogen-bond acceptors (Lipinski definition) is 3. The van der Waals surface area contributed by atoms with Crippen LogP contribution in [0.15, 0.2) is 23.2 Å². The van der Waals surface area contributed by atoms with Gasteiger partial charge in [-0.1, -0.05) is 55.5 Å². The molecule has 0 bridgehead atoms. The second kappa shape index (κ2) is 9.07. The van der Waals surface area contributed by atoms with E-state index in [1.165, 1.54) is 44.9 Å². The van der Waals surface area contributed by atoms with Gasteiger partial charge in [0.25, 0.3) is 0 Å². The number of halogens is 1. The summed E-state index contributed by atoms with van der Waals surface area (Å²) < 4.78 is 0. The first kappa shape index (κ1) is 17.2. The highest BCUT2D eigenvalue weighted by molar-refractivity contribution is 8.13. The highest BCUT2D eigenvalue weighted by atomic mass is 35.5. The fraction of sp³-hybridized carbons (Fsp3) is 0.529. The number of nitrogens with one attached hydrogen (secondary N) is 1. The summed E-state index contributed by atoms with van der Waals surface area (Å²) in [5.74, 6) is 0. The number of thioether (sulfide) groups is 1. The molecule has 1 saturated carbocycles. The fourth-order valence-electron chi connectivity index (χ4n) is 2.67. The summed E-state index contributed by atoms with van der Waals surface area (Å²) >= 11 is 7.70. The molecule has 2 rings (SSSR count). The molecule has 3 nitrogen and oxygen atoms in total. The zero-order chi connectivity index (χ0) is 15.8. The maximum Gasteiger partial charge on any atom is 0.161 e. The van der Waals surface area contributed by atoms with Crippen molar-refractivity contribution in [2.24, 2.45) is 4.99 Å². The molecule has 1 aliphatic rings. The summed E-state index contributed by atoms with van der Waals surface area (Å²) in [7, 11) is 0. The van der Waals surface area contributed by atoms with E-state index in [9.17, 15) is 0 Å². The second-order valence-corrected chi connectivity index (χ2v) is 6.77. The summed E-state index contributed by atoms with van der Waals surface area (Å²) in [4.78, 5) is 4.88. The normalized spacial score (nSPS) is 17.4. The van der Waals surface area contributed by atoms with Gasteiger partial charge in [-0.15, -0.1) is 0 Å². The maximum absolute atomic E-state index is 8.92. The topological polar surface area (TPSA) is 48.2 Å². The molecule has 1 aliphatic carbocycles. The predicted octanol–water partition coefficient (Wildman–Crippen LogP) is 5.46. The van der Waals surface area contributed by atoms with Crippen molar-refractivity contribution >= 4 is 34.2 Å². The van der Waals surface area contributed by atoms with Crippen molar-refractivity contribution in [3.8, 4) is 6.07 Å². The number of nitrogens with zero attached hydrogens (tertiary/aromatic N) is 2. The molecule has 1 fully saturated rings. The van der Waals surface area contributed by atoms with E-state index >= 15 is 0 Å². The van der Waals surface area contributed by atoms with Crippen LogP contribution in [0.25, 0.3) is 0 Å². The Kier molecular flexibility index (Phi) is 7.08. The Balaban J connectivity index is 2.05. The summed E-state index contributed by atoms with van der Waals surface area (Å²) in [5, 5.41) is 13.6. The van der Waals surface area contributed by atoms with Crippen LogP contribution in [0.3, 0.4) is 0 Å². The molecule has 5 heteroatoms. The van der Waals surface area contributed by atoms with E-state index in [1.807, 2.05) is 12.3 Å². The standard InChI is InChI=1S/C17H22ClN3S/c1-22-17(20-14-7-5-3-2-4-6-8-14)21-15-10-9-13(12-19)16(18)11-15/h9-11,14H,2-8H2,1H3,(H,20,21). The molecule has 22 heavy (non-hydrogen) atoms. The first-order valence-corrected chi connectivity index (χ1v) is 9.41. The minimum absolute atomic E-state index is 0.420. The average molecular weight is 336 g/mol. The van der Waals surface area contributed by atoms with Gasteiger partial charge in [0.1, 0.15) is 6.07 Å². The Morgan fingerprint density at radius 2 is 1.95 bits per heavy atom. The molecule has 0 spiro atoms. The number of nitriles is 1. The van der Waals surface area contributed by atoms with Crippen LogP contribution in [-0.4, -0.2) is 17.5 Å². The molecule has 1 aromatic rings. The van der Waals surface area contributed by atoms with E-state index in [-0.39, 0.29) is 0 Å². The van der Waals surface area contributed by atoms with E-state index in [2.05, 4.69) is 11.4 Å². The molecule has 0 saturated heterocycles. The van der Waals surface area contributed by atoms with Crippen LogP contribution < -0.4 is 5.32 Å². The van der Waals surface area contributed by atoms with E-state index < -0.39 is 0 Å². The van der Waals surface area contributed by atoms with Gasteiger partial charge < -0.3 is 5.32 Å². The lowest BCUT2D eigenvalue weighted by molar-refractivity contribution is 0.456. The lowest BCUT2D eigenvalue weighted by atomic mass is 9.97. The molecule has 0 radical (unpaired) electrons. The summed E-state index contributed by atoms with van der Waals surface area (Å²) in [6.07, 6.45) is 11.0. The molecule has 1 N–H and O–H groups in total. The third-order valence-corrected chi connectivity index (χ3v) is 4.82. The molecular formula is C17H22ClN3S. The van der Waals surface area contributed by atoms with Crippen LogP contribution in [0.1, 0.15) is 50.5 Å².